The fraction of sp³-hybridized carbons (Fsp3) is 0.133. The van der Waals surface area contributed by atoms with Crippen molar-refractivity contribution in [1.82, 2.24) is 0 Å². The molecular weight excluding hydrogens is 263 g/mol. The van der Waals surface area contributed by atoms with Crippen LogP contribution in [-0.2, 0) is 4.79 Å². The van der Waals surface area contributed by atoms with Crippen molar-refractivity contribution in [2.75, 3.05) is 6.61 Å². The normalized spacial score (nSPS) is 16.6. The molecule has 0 amide bonds. The molecule has 5 heteroatoms. The first-order valence-corrected chi connectivity index (χ1v) is 6.09. The summed E-state index contributed by atoms with van der Waals surface area (Å²) in [5, 5.41) is 0. The van der Waals surface area contributed by atoms with Crippen molar-refractivity contribution in [3.8, 4) is 17.2 Å². The number of esters is 1. The van der Waals surface area contributed by atoms with E-state index in [0.717, 1.165) is 0 Å². The fourth-order valence-electron chi connectivity index (χ4n) is 1.84. The minimum absolute atomic E-state index is 0.0320. The second-order valence-corrected chi connectivity index (χ2v) is 4.22. The lowest BCUT2D eigenvalue weighted by molar-refractivity contribution is -0.144. The topological polar surface area (TPSA) is 44.8 Å². The summed E-state index contributed by atoms with van der Waals surface area (Å²) in [5.74, 6) is -0.376. The number of halogens is 1. The van der Waals surface area contributed by atoms with Crippen LogP contribution in [0.1, 0.15) is 0 Å². The van der Waals surface area contributed by atoms with Gasteiger partial charge in [0, 0.05) is 0 Å². The molecule has 2 aromatic rings. The van der Waals surface area contributed by atoms with Gasteiger partial charge in [0.05, 0.1) is 0 Å². The molecule has 0 aromatic heterocycles. The smallest absolute Gasteiger partial charge is 0.356 e. The summed E-state index contributed by atoms with van der Waals surface area (Å²) in [6.45, 7) is 0.0320. The van der Waals surface area contributed by atoms with Crippen molar-refractivity contribution in [2.45, 2.75) is 6.10 Å². The van der Waals surface area contributed by atoms with Gasteiger partial charge in [-0.2, -0.15) is 0 Å². The Morgan fingerprint density at radius 2 is 1.80 bits per heavy atom. The molecule has 0 N–H and O–H groups in total. The van der Waals surface area contributed by atoms with E-state index in [0.29, 0.717) is 11.5 Å². The SMILES string of the molecule is O=C(Oc1ccccc1F)[C@H]1COc2ccccc2O1. The van der Waals surface area contributed by atoms with E-state index in [-0.39, 0.29) is 12.4 Å². The molecule has 0 radical (unpaired) electrons. The van der Waals surface area contributed by atoms with Gasteiger partial charge in [-0.3, -0.25) is 0 Å². The summed E-state index contributed by atoms with van der Waals surface area (Å²) in [6.07, 6.45) is -0.912. The summed E-state index contributed by atoms with van der Waals surface area (Å²) >= 11 is 0. The second-order valence-electron chi connectivity index (χ2n) is 4.22. The van der Waals surface area contributed by atoms with Crippen LogP contribution in [0.4, 0.5) is 4.39 Å². The summed E-state index contributed by atoms with van der Waals surface area (Å²) in [6, 6.07) is 12.7. The molecule has 3 rings (SSSR count). The van der Waals surface area contributed by atoms with Gasteiger partial charge in [-0.15, -0.1) is 0 Å². The Kier molecular flexibility index (Phi) is 3.25. The molecule has 1 atom stereocenters. The van der Waals surface area contributed by atoms with E-state index in [9.17, 15) is 9.18 Å². The Morgan fingerprint density at radius 3 is 2.60 bits per heavy atom. The lowest BCUT2D eigenvalue weighted by atomic mass is 10.2. The van der Waals surface area contributed by atoms with Gasteiger partial charge in [0.2, 0.25) is 6.10 Å². The zero-order chi connectivity index (χ0) is 13.9. The van der Waals surface area contributed by atoms with Crippen LogP contribution in [0.3, 0.4) is 0 Å². The number of benzene rings is 2. The predicted octanol–water partition coefficient (Wildman–Crippen LogP) is 2.57. The molecule has 0 fully saturated rings. The molecule has 20 heavy (non-hydrogen) atoms. The van der Waals surface area contributed by atoms with Gasteiger partial charge < -0.3 is 14.2 Å². The van der Waals surface area contributed by atoms with Crippen LogP contribution >= 0.6 is 0 Å². The highest BCUT2D eigenvalue weighted by molar-refractivity contribution is 5.78. The summed E-state index contributed by atoms with van der Waals surface area (Å²) < 4.78 is 29.3. The third kappa shape index (κ3) is 2.42. The van der Waals surface area contributed by atoms with Gasteiger partial charge in [0.1, 0.15) is 6.61 Å². The Hall–Kier alpha value is -2.56. The van der Waals surface area contributed by atoms with E-state index >= 15 is 0 Å². The molecule has 0 saturated heterocycles. The summed E-state index contributed by atoms with van der Waals surface area (Å²) in [4.78, 5) is 11.9. The molecule has 4 nitrogen and oxygen atoms in total. The van der Waals surface area contributed by atoms with E-state index in [4.69, 9.17) is 14.2 Å². The third-order valence-electron chi connectivity index (χ3n) is 2.82. The van der Waals surface area contributed by atoms with E-state index in [2.05, 4.69) is 0 Å². The highest BCUT2D eigenvalue weighted by Gasteiger charge is 2.29. The van der Waals surface area contributed by atoms with Crippen molar-refractivity contribution in [3.63, 3.8) is 0 Å². The number of hydrogen-bond donors (Lipinski definition) is 0. The maximum atomic E-state index is 13.4. The van der Waals surface area contributed by atoms with Gasteiger partial charge in [-0.25, -0.2) is 9.18 Å². The maximum absolute atomic E-state index is 13.4. The van der Waals surface area contributed by atoms with Crippen molar-refractivity contribution in [2.24, 2.45) is 0 Å². The third-order valence-corrected chi connectivity index (χ3v) is 2.82. The lowest BCUT2D eigenvalue weighted by Gasteiger charge is -2.24. The first-order chi connectivity index (χ1) is 9.74. The van der Waals surface area contributed by atoms with Gasteiger partial charge in [0.25, 0.3) is 0 Å². The lowest BCUT2D eigenvalue weighted by Crippen LogP contribution is -2.39. The number of para-hydroxylation sites is 3. The van der Waals surface area contributed by atoms with Crippen molar-refractivity contribution in [3.05, 3.63) is 54.3 Å². The average molecular weight is 274 g/mol. The van der Waals surface area contributed by atoms with Crippen LogP contribution in [-0.4, -0.2) is 18.7 Å². The molecule has 102 valence electrons. The Balaban J connectivity index is 1.72. The van der Waals surface area contributed by atoms with Crippen LogP contribution < -0.4 is 14.2 Å². The molecule has 2 aromatic carbocycles. The molecule has 0 unspecified atom stereocenters. The van der Waals surface area contributed by atoms with Crippen molar-refractivity contribution in [1.29, 1.82) is 0 Å². The number of ether oxygens (including phenoxy) is 3. The number of carbonyl (C=O) groups excluding carboxylic acids is 1. The predicted molar refractivity (Wildman–Crippen MR) is 68.4 cm³/mol. The van der Waals surface area contributed by atoms with Gasteiger partial charge >= 0.3 is 5.97 Å². The zero-order valence-corrected chi connectivity index (χ0v) is 10.4. The molecule has 1 heterocycles. The van der Waals surface area contributed by atoms with Crippen LogP contribution in [0.15, 0.2) is 48.5 Å². The van der Waals surface area contributed by atoms with Gasteiger partial charge in [0.15, 0.2) is 23.1 Å². The molecule has 0 saturated carbocycles. The quantitative estimate of drug-likeness (QED) is 0.623. The largest absolute Gasteiger partial charge is 0.485 e. The maximum Gasteiger partial charge on any atom is 0.356 e. The molecular formula is C15H11FO4. The summed E-state index contributed by atoms with van der Waals surface area (Å²) in [7, 11) is 0. The van der Waals surface area contributed by atoms with E-state index in [1.807, 2.05) is 0 Å². The number of rotatable bonds is 2. The number of fused-ring (bicyclic) bond motifs is 1. The molecule has 0 spiro atoms. The number of carbonyl (C=O) groups is 1. The number of hydrogen-bond acceptors (Lipinski definition) is 4. The van der Waals surface area contributed by atoms with E-state index in [1.165, 1.54) is 18.2 Å². The van der Waals surface area contributed by atoms with E-state index < -0.39 is 17.9 Å². The average Bonchev–Trinajstić information content (AvgIpc) is 2.49. The second kappa shape index (κ2) is 5.21. The van der Waals surface area contributed by atoms with Crippen molar-refractivity contribution >= 4 is 5.97 Å². The van der Waals surface area contributed by atoms with E-state index in [1.54, 1.807) is 30.3 Å². The Labute approximate surface area is 114 Å². The van der Waals surface area contributed by atoms with Gasteiger partial charge in [-0.05, 0) is 24.3 Å². The van der Waals surface area contributed by atoms with Crippen LogP contribution in [0.25, 0.3) is 0 Å². The molecule has 0 bridgehead atoms. The molecule has 1 aliphatic heterocycles. The van der Waals surface area contributed by atoms with Gasteiger partial charge in [-0.1, -0.05) is 24.3 Å². The Morgan fingerprint density at radius 1 is 1.10 bits per heavy atom. The molecule has 0 aliphatic carbocycles. The summed E-state index contributed by atoms with van der Waals surface area (Å²) in [5.41, 5.74) is 0. The zero-order valence-electron chi connectivity index (χ0n) is 10.4. The van der Waals surface area contributed by atoms with Crippen LogP contribution in [0.5, 0.6) is 17.2 Å². The standard InChI is InChI=1S/C15H11FO4/c16-10-5-1-2-6-11(10)20-15(17)14-9-18-12-7-3-4-8-13(12)19-14/h1-8,14H,9H2/t14-/m1/s1. The van der Waals surface area contributed by atoms with Crippen molar-refractivity contribution < 1.29 is 23.4 Å². The highest BCUT2D eigenvalue weighted by atomic mass is 19.1. The highest BCUT2D eigenvalue weighted by Crippen LogP contribution is 2.31. The first-order valence-electron chi connectivity index (χ1n) is 6.09. The first kappa shape index (κ1) is 12.5. The minimum atomic E-state index is -0.912. The Bertz CT molecular complexity index is 641. The fourth-order valence-corrected chi connectivity index (χ4v) is 1.84. The van der Waals surface area contributed by atoms with Crippen LogP contribution in [0.2, 0.25) is 0 Å². The molecule has 1 aliphatic rings. The monoisotopic (exact) mass is 274 g/mol. The minimum Gasteiger partial charge on any atom is -0.485 e. The van der Waals surface area contributed by atoms with Crippen LogP contribution in [0, 0.1) is 5.82 Å².